The van der Waals surface area contributed by atoms with Gasteiger partial charge in [0.2, 0.25) is 0 Å². The van der Waals surface area contributed by atoms with Crippen LogP contribution >= 0.6 is 0 Å². The topological polar surface area (TPSA) is 58.5 Å². The summed E-state index contributed by atoms with van der Waals surface area (Å²) >= 11 is 0. The van der Waals surface area contributed by atoms with E-state index in [2.05, 4.69) is 51.6 Å². The van der Waals surface area contributed by atoms with Crippen LogP contribution in [0.1, 0.15) is 24.2 Å². The fraction of sp³-hybridized carbons (Fsp3) is 0.250. The normalized spacial score (nSPS) is 12.5. The predicted octanol–water partition coefficient (Wildman–Crippen LogP) is 2.66. The Kier molecular flexibility index (Phi) is 3.83. The Balaban J connectivity index is 1.77. The molecule has 1 atom stereocenters. The van der Waals surface area contributed by atoms with Crippen LogP contribution in [0.25, 0.3) is 11.1 Å². The monoisotopic (exact) mass is 281 g/mol. The molecule has 21 heavy (non-hydrogen) atoms. The van der Waals surface area contributed by atoms with E-state index >= 15 is 0 Å². The minimum absolute atomic E-state index is 0.231. The van der Waals surface area contributed by atoms with Gasteiger partial charge in [0.15, 0.2) is 0 Å². The second kappa shape index (κ2) is 5.93. The molecule has 0 saturated heterocycles. The van der Waals surface area contributed by atoms with Crippen LogP contribution in [-0.4, -0.2) is 19.7 Å². The van der Waals surface area contributed by atoms with Crippen molar-refractivity contribution in [2.75, 3.05) is 0 Å². The summed E-state index contributed by atoms with van der Waals surface area (Å²) in [4.78, 5) is 7.20. The first-order chi connectivity index (χ1) is 10.2. The molecule has 0 aliphatic carbocycles. The number of aromatic nitrogens is 4. The molecule has 0 spiro atoms. The lowest BCUT2D eigenvalue weighted by Crippen LogP contribution is -2.18. The largest absolute Gasteiger partial charge is 0.347 e. The summed E-state index contributed by atoms with van der Waals surface area (Å²) in [5, 5.41) is 7.77. The molecule has 0 radical (unpaired) electrons. The molecule has 0 saturated carbocycles. The number of hydrogen-bond acceptors (Lipinski definition) is 3. The van der Waals surface area contributed by atoms with Gasteiger partial charge in [-0.05, 0) is 18.1 Å². The van der Waals surface area contributed by atoms with Gasteiger partial charge in [-0.15, -0.1) is 0 Å². The molecule has 2 N–H and O–H groups in total. The lowest BCUT2D eigenvalue weighted by atomic mass is 10.0. The summed E-state index contributed by atoms with van der Waals surface area (Å²) < 4.78 is 1.83. The van der Waals surface area contributed by atoms with Crippen LogP contribution in [0.4, 0.5) is 0 Å². The number of H-pyrrole nitrogens is 1. The van der Waals surface area contributed by atoms with Crippen molar-refractivity contribution in [3.8, 4) is 11.1 Å². The van der Waals surface area contributed by atoms with Gasteiger partial charge in [-0.3, -0.25) is 4.68 Å². The molecule has 0 fully saturated rings. The molecule has 2 aromatic heterocycles. The zero-order valence-corrected chi connectivity index (χ0v) is 12.2. The lowest BCUT2D eigenvalue weighted by Gasteiger charge is -2.14. The second-order valence-electron chi connectivity index (χ2n) is 5.17. The third-order valence-electron chi connectivity index (χ3n) is 3.62. The highest BCUT2D eigenvalue weighted by molar-refractivity contribution is 5.65. The molecule has 3 rings (SSSR count). The van der Waals surface area contributed by atoms with Crippen molar-refractivity contribution in [1.82, 2.24) is 25.1 Å². The van der Waals surface area contributed by atoms with E-state index in [1.807, 2.05) is 30.3 Å². The van der Waals surface area contributed by atoms with Crippen molar-refractivity contribution >= 4 is 0 Å². The van der Waals surface area contributed by atoms with Gasteiger partial charge in [0, 0.05) is 37.6 Å². The Morgan fingerprint density at radius 3 is 2.86 bits per heavy atom. The van der Waals surface area contributed by atoms with E-state index < -0.39 is 0 Å². The van der Waals surface area contributed by atoms with Crippen LogP contribution in [0.2, 0.25) is 0 Å². The van der Waals surface area contributed by atoms with Gasteiger partial charge in [-0.25, -0.2) is 4.98 Å². The maximum absolute atomic E-state index is 4.25. The molecule has 0 bridgehead atoms. The van der Waals surface area contributed by atoms with Crippen molar-refractivity contribution < 1.29 is 0 Å². The Labute approximate surface area is 124 Å². The molecular weight excluding hydrogens is 262 g/mol. The van der Waals surface area contributed by atoms with Crippen LogP contribution in [-0.2, 0) is 13.6 Å². The second-order valence-corrected chi connectivity index (χ2v) is 5.17. The summed E-state index contributed by atoms with van der Waals surface area (Å²) in [7, 11) is 1.94. The number of nitrogens with one attached hydrogen (secondary N) is 2. The molecule has 1 aromatic carbocycles. The van der Waals surface area contributed by atoms with Gasteiger partial charge in [-0.1, -0.05) is 24.3 Å². The Morgan fingerprint density at radius 2 is 2.14 bits per heavy atom. The maximum atomic E-state index is 4.25. The smallest absolute Gasteiger partial charge is 0.0922 e. The molecule has 1 unspecified atom stereocenters. The van der Waals surface area contributed by atoms with Crippen molar-refractivity contribution in [2.24, 2.45) is 7.05 Å². The zero-order chi connectivity index (χ0) is 14.7. The average molecular weight is 281 g/mol. The standard InChI is InChI=1S/C16H19N5/c1-12(16-9-17-11-19-16)18-7-13-5-3-4-6-15(13)14-8-20-21(2)10-14/h3-6,8-12,18H,7H2,1-2H3,(H,17,19). The van der Waals surface area contributed by atoms with Crippen molar-refractivity contribution in [1.29, 1.82) is 0 Å². The van der Waals surface area contributed by atoms with Crippen LogP contribution in [0.5, 0.6) is 0 Å². The average Bonchev–Trinajstić information content (AvgIpc) is 3.16. The number of hydrogen-bond donors (Lipinski definition) is 2. The summed E-state index contributed by atoms with van der Waals surface area (Å²) in [5.41, 5.74) is 4.71. The van der Waals surface area contributed by atoms with Crippen molar-refractivity contribution in [2.45, 2.75) is 19.5 Å². The number of rotatable bonds is 5. The Bertz CT molecular complexity index is 699. The quantitative estimate of drug-likeness (QED) is 0.756. The SMILES string of the molecule is CC(NCc1ccccc1-c1cnn(C)c1)c1cnc[nH]1. The first-order valence-electron chi connectivity index (χ1n) is 7.02. The first-order valence-corrected chi connectivity index (χ1v) is 7.02. The highest BCUT2D eigenvalue weighted by atomic mass is 15.2. The molecule has 108 valence electrons. The third-order valence-corrected chi connectivity index (χ3v) is 3.62. The van der Waals surface area contributed by atoms with E-state index in [-0.39, 0.29) is 6.04 Å². The first kappa shape index (κ1) is 13.6. The summed E-state index contributed by atoms with van der Waals surface area (Å²) in [6.45, 7) is 2.92. The molecule has 0 aliphatic heterocycles. The van der Waals surface area contributed by atoms with E-state index in [1.54, 1.807) is 6.33 Å². The van der Waals surface area contributed by atoms with Gasteiger partial charge in [0.05, 0.1) is 18.2 Å². The van der Waals surface area contributed by atoms with Gasteiger partial charge >= 0.3 is 0 Å². The van der Waals surface area contributed by atoms with Gasteiger partial charge < -0.3 is 10.3 Å². The van der Waals surface area contributed by atoms with Crippen LogP contribution < -0.4 is 5.32 Å². The molecule has 5 nitrogen and oxygen atoms in total. The zero-order valence-electron chi connectivity index (χ0n) is 12.2. The minimum Gasteiger partial charge on any atom is -0.347 e. The molecule has 0 aliphatic rings. The number of aromatic amines is 1. The van der Waals surface area contributed by atoms with E-state index in [4.69, 9.17) is 0 Å². The molecule has 0 amide bonds. The summed E-state index contributed by atoms with van der Waals surface area (Å²) in [6, 6.07) is 8.64. The highest BCUT2D eigenvalue weighted by Crippen LogP contribution is 2.23. The molecular formula is C16H19N5. The Morgan fingerprint density at radius 1 is 1.29 bits per heavy atom. The number of nitrogens with zero attached hydrogens (tertiary/aromatic N) is 3. The minimum atomic E-state index is 0.231. The molecule has 2 heterocycles. The van der Waals surface area contributed by atoms with Crippen LogP contribution in [0.15, 0.2) is 49.2 Å². The van der Waals surface area contributed by atoms with E-state index in [0.717, 1.165) is 17.8 Å². The fourth-order valence-electron chi connectivity index (χ4n) is 2.39. The van der Waals surface area contributed by atoms with Gasteiger partial charge in [0.1, 0.15) is 0 Å². The third kappa shape index (κ3) is 3.03. The molecule has 3 aromatic rings. The van der Waals surface area contributed by atoms with Gasteiger partial charge in [0.25, 0.3) is 0 Å². The van der Waals surface area contributed by atoms with E-state index in [0.29, 0.717) is 0 Å². The number of imidazole rings is 1. The fourth-order valence-corrected chi connectivity index (χ4v) is 2.39. The van der Waals surface area contributed by atoms with E-state index in [1.165, 1.54) is 11.1 Å². The highest BCUT2D eigenvalue weighted by Gasteiger charge is 2.09. The van der Waals surface area contributed by atoms with Crippen molar-refractivity contribution in [3.63, 3.8) is 0 Å². The number of aryl methyl sites for hydroxylation is 1. The van der Waals surface area contributed by atoms with E-state index in [9.17, 15) is 0 Å². The Hall–Kier alpha value is -2.40. The van der Waals surface area contributed by atoms with Crippen molar-refractivity contribution in [3.05, 3.63) is 60.4 Å². The predicted molar refractivity (Wildman–Crippen MR) is 82.5 cm³/mol. The summed E-state index contributed by atoms with van der Waals surface area (Å²) in [6.07, 6.45) is 7.50. The number of benzene rings is 1. The van der Waals surface area contributed by atoms with Crippen LogP contribution in [0, 0.1) is 0 Å². The lowest BCUT2D eigenvalue weighted by molar-refractivity contribution is 0.564. The van der Waals surface area contributed by atoms with Gasteiger partial charge in [-0.2, -0.15) is 5.10 Å². The summed E-state index contributed by atoms with van der Waals surface area (Å²) in [5.74, 6) is 0. The maximum Gasteiger partial charge on any atom is 0.0922 e. The molecule has 5 heteroatoms. The van der Waals surface area contributed by atoms with Crippen LogP contribution in [0.3, 0.4) is 0 Å².